The molecule has 1 aromatic carbocycles. The van der Waals surface area contributed by atoms with Crippen molar-refractivity contribution in [3.63, 3.8) is 0 Å². The van der Waals surface area contributed by atoms with Gasteiger partial charge in [0.2, 0.25) is 0 Å². The number of hydrogen-bond donors (Lipinski definition) is 1. The Morgan fingerprint density at radius 3 is 2.84 bits per heavy atom. The summed E-state index contributed by atoms with van der Waals surface area (Å²) in [7, 11) is 0. The van der Waals surface area contributed by atoms with Gasteiger partial charge in [0.25, 0.3) is 5.91 Å². The van der Waals surface area contributed by atoms with Gasteiger partial charge in [0.05, 0.1) is 5.56 Å². The molecule has 1 N–H and O–H groups in total. The first-order chi connectivity index (χ1) is 15.6. The number of benzene rings is 1. The van der Waals surface area contributed by atoms with Crippen LogP contribution in [0.5, 0.6) is 0 Å². The van der Waals surface area contributed by atoms with Crippen molar-refractivity contribution < 1.29 is 9.18 Å². The van der Waals surface area contributed by atoms with Crippen molar-refractivity contribution in [3.05, 3.63) is 58.7 Å². The first-order valence-corrected chi connectivity index (χ1v) is 11.3. The Kier molecular flexibility index (Phi) is 4.57. The van der Waals surface area contributed by atoms with E-state index in [-0.39, 0.29) is 5.56 Å². The molecule has 1 aliphatic carbocycles. The molecular weight excluding hydrogens is 407 g/mol. The SMILES string of the molecule is CC1CCc2nnc(-c3cccc(NC(=O)c4cc5c(cc4F)CCN(C4CC4)C5)n3)n21. The van der Waals surface area contributed by atoms with Crippen LogP contribution in [0.4, 0.5) is 10.2 Å². The highest BCUT2D eigenvalue weighted by atomic mass is 19.1. The molecule has 1 atom stereocenters. The first-order valence-electron chi connectivity index (χ1n) is 11.3. The number of aryl methyl sites for hydroxylation is 1. The fourth-order valence-corrected chi connectivity index (χ4v) is 4.94. The van der Waals surface area contributed by atoms with Crippen molar-refractivity contribution in [2.75, 3.05) is 11.9 Å². The summed E-state index contributed by atoms with van der Waals surface area (Å²) in [6, 6.07) is 9.58. The van der Waals surface area contributed by atoms with Crippen molar-refractivity contribution in [1.82, 2.24) is 24.6 Å². The van der Waals surface area contributed by atoms with E-state index in [1.165, 1.54) is 18.9 Å². The van der Waals surface area contributed by atoms with E-state index in [1.54, 1.807) is 12.1 Å². The van der Waals surface area contributed by atoms with Crippen LogP contribution >= 0.6 is 0 Å². The maximum Gasteiger partial charge on any atom is 0.259 e. The van der Waals surface area contributed by atoms with E-state index in [2.05, 4.69) is 36.9 Å². The van der Waals surface area contributed by atoms with E-state index in [0.717, 1.165) is 49.3 Å². The van der Waals surface area contributed by atoms with E-state index in [0.29, 0.717) is 29.4 Å². The molecule has 2 aromatic heterocycles. The summed E-state index contributed by atoms with van der Waals surface area (Å²) in [5.74, 6) is 1.05. The predicted octanol–water partition coefficient (Wildman–Crippen LogP) is 3.76. The summed E-state index contributed by atoms with van der Waals surface area (Å²) in [5.41, 5.74) is 2.75. The molecule has 3 aromatic rings. The Bertz CT molecular complexity index is 1220. The van der Waals surface area contributed by atoms with Gasteiger partial charge in [-0.15, -0.1) is 10.2 Å². The lowest BCUT2D eigenvalue weighted by molar-refractivity contribution is 0.102. The van der Waals surface area contributed by atoms with Crippen LogP contribution in [0.3, 0.4) is 0 Å². The van der Waals surface area contributed by atoms with Crippen LogP contribution in [0.15, 0.2) is 30.3 Å². The smallest absolute Gasteiger partial charge is 0.259 e. The Labute approximate surface area is 185 Å². The second-order valence-corrected chi connectivity index (χ2v) is 9.11. The maximum atomic E-state index is 14.8. The largest absolute Gasteiger partial charge is 0.307 e. The summed E-state index contributed by atoms with van der Waals surface area (Å²) in [6.45, 7) is 3.88. The number of rotatable bonds is 4. The van der Waals surface area contributed by atoms with E-state index in [9.17, 15) is 9.18 Å². The molecule has 0 radical (unpaired) electrons. The molecule has 0 spiro atoms. The third-order valence-corrected chi connectivity index (χ3v) is 6.85. The van der Waals surface area contributed by atoms with Gasteiger partial charge < -0.3 is 9.88 Å². The van der Waals surface area contributed by atoms with Gasteiger partial charge in [-0.2, -0.15) is 0 Å². The van der Waals surface area contributed by atoms with Crippen molar-refractivity contribution in [2.24, 2.45) is 0 Å². The molecule has 1 amide bonds. The van der Waals surface area contributed by atoms with E-state index in [4.69, 9.17) is 0 Å². The van der Waals surface area contributed by atoms with Crippen molar-refractivity contribution in [2.45, 2.75) is 57.7 Å². The maximum absolute atomic E-state index is 14.8. The molecule has 164 valence electrons. The Morgan fingerprint density at radius 2 is 2.00 bits per heavy atom. The summed E-state index contributed by atoms with van der Waals surface area (Å²) in [5, 5.41) is 11.3. The van der Waals surface area contributed by atoms with Crippen molar-refractivity contribution in [1.29, 1.82) is 0 Å². The van der Waals surface area contributed by atoms with Crippen LogP contribution in [0.2, 0.25) is 0 Å². The molecule has 1 fully saturated rings. The van der Waals surface area contributed by atoms with Gasteiger partial charge in [-0.3, -0.25) is 9.69 Å². The number of carbonyl (C=O) groups excluding carboxylic acids is 1. The Hall–Kier alpha value is -3.13. The zero-order valence-electron chi connectivity index (χ0n) is 18.0. The fourth-order valence-electron chi connectivity index (χ4n) is 4.94. The average molecular weight is 433 g/mol. The average Bonchev–Trinajstić information content (AvgIpc) is 3.45. The predicted molar refractivity (Wildman–Crippen MR) is 118 cm³/mol. The molecule has 8 heteroatoms. The number of halogens is 1. The second kappa shape index (κ2) is 7.48. The lowest BCUT2D eigenvalue weighted by Gasteiger charge is -2.29. The summed E-state index contributed by atoms with van der Waals surface area (Å²) in [4.78, 5) is 20.0. The third kappa shape index (κ3) is 3.39. The van der Waals surface area contributed by atoms with Crippen molar-refractivity contribution >= 4 is 11.7 Å². The normalized spacial score (nSPS) is 20.1. The van der Waals surface area contributed by atoms with Gasteiger partial charge in [0.15, 0.2) is 5.82 Å². The van der Waals surface area contributed by atoms with Gasteiger partial charge in [0.1, 0.15) is 23.2 Å². The number of amides is 1. The summed E-state index contributed by atoms with van der Waals surface area (Å²) >= 11 is 0. The summed E-state index contributed by atoms with van der Waals surface area (Å²) in [6.07, 6.45) is 5.24. The molecule has 7 nitrogen and oxygen atoms in total. The minimum absolute atomic E-state index is 0.0607. The molecule has 6 rings (SSSR count). The topological polar surface area (TPSA) is 75.9 Å². The number of carbonyl (C=O) groups is 1. The van der Waals surface area contributed by atoms with Gasteiger partial charge >= 0.3 is 0 Å². The molecule has 1 saturated carbocycles. The molecule has 2 aliphatic heterocycles. The molecule has 3 aliphatic rings. The van der Waals surface area contributed by atoms with Gasteiger partial charge in [0, 0.05) is 31.6 Å². The van der Waals surface area contributed by atoms with Gasteiger partial charge in [-0.05, 0) is 68.0 Å². The van der Waals surface area contributed by atoms with Gasteiger partial charge in [-0.1, -0.05) is 6.07 Å². The second-order valence-electron chi connectivity index (χ2n) is 9.11. The van der Waals surface area contributed by atoms with E-state index in [1.807, 2.05) is 12.1 Å². The lowest BCUT2D eigenvalue weighted by Crippen LogP contribution is -2.32. The van der Waals surface area contributed by atoms with Crippen LogP contribution in [-0.4, -0.2) is 43.1 Å². The highest BCUT2D eigenvalue weighted by Crippen LogP contribution is 2.33. The van der Waals surface area contributed by atoms with E-state index < -0.39 is 11.7 Å². The minimum atomic E-state index is -0.488. The molecule has 32 heavy (non-hydrogen) atoms. The standard InChI is InChI=1S/C24H25FN6O/c1-14-5-8-22-28-29-23(31(14)22)20-3-2-4-21(26-20)27-24(32)18-11-16-13-30(17-6-7-17)10-9-15(16)12-19(18)25/h2-4,11-12,14,17H,5-10,13H2,1H3,(H,26,27,32). The molecule has 0 bridgehead atoms. The number of hydrogen-bond acceptors (Lipinski definition) is 5. The van der Waals surface area contributed by atoms with Crippen LogP contribution in [0.1, 0.15) is 59.5 Å². The number of aromatic nitrogens is 4. The lowest BCUT2D eigenvalue weighted by atomic mass is 9.96. The quantitative estimate of drug-likeness (QED) is 0.679. The monoisotopic (exact) mass is 432 g/mol. The fraction of sp³-hybridized carbons (Fsp3) is 0.417. The number of fused-ring (bicyclic) bond motifs is 2. The Morgan fingerprint density at radius 1 is 1.12 bits per heavy atom. The number of nitrogens with one attached hydrogen (secondary N) is 1. The molecule has 0 saturated heterocycles. The van der Waals surface area contributed by atoms with Crippen LogP contribution < -0.4 is 5.32 Å². The third-order valence-electron chi connectivity index (χ3n) is 6.85. The number of nitrogens with zero attached hydrogens (tertiary/aromatic N) is 5. The van der Waals surface area contributed by atoms with Crippen molar-refractivity contribution in [3.8, 4) is 11.5 Å². The molecular formula is C24H25FN6O. The number of anilines is 1. The van der Waals surface area contributed by atoms with Crippen LogP contribution in [0.25, 0.3) is 11.5 Å². The Balaban J connectivity index is 1.25. The van der Waals surface area contributed by atoms with Gasteiger partial charge in [-0.25, -0.2) is 9.37 Å². The molecule has 4 heterocycles. The zero-order valence-corrected chi connectivity index (χ0v) is 18.0. The molecule has 1 unspecified atom stereocenters. The van der Waals surface area contributed by atoms with Crippen LogP contribution in [0, 0.1) is 5.82 Å². The van der Waals surface area contributed by atoms with Crippen LogP contribution in [-0.2, 0) is 19.4 Å². The number of pyridine rings is 1. The minimum Gasteiger partial charge on any atom is -0.307 e. The zero-order chi connectivity index (χ0) is 21.8. The summed E-state index contributed by atoms with van der Waals surface area (Å²) < 4.78 is 16.9. The van der Waals surface area contributed by atoms with E-state index >= 15 is 0 Å². The highest BCUT2D eigenvalue weighted by molar-refractivity contribution is 6.04. The first kappa shape index (κ1) is 19.5. The highest BCUT2D eigenvalue weighted by Gasteiger charge is 2.32.